The Morgan fingerprint density at radius 1 is 0.545 bits per heavy atom. The fraction of sp³-hybridized carbons (Fsp3) is 0.707. The lowest BCUT2D eigenvalue weighted by Gasteiger charge is -2.28. The third-order valence-electron chi connectivity index (χ3n) is 9.23. The van der Waals surface area contributed by atoms with E-state index in [1.54, 1.807) is 0 Å². The van der Waals surface area contributed by atoms with Crippen LogP contribution in [0, 0.1) is 0 Å². The second-order valence-electron chi connectivity index (χ2n) is 13.6. The van der Waals surface area contributed by atoms with Crippen molar-refractivity contribution in [2.24, 2.45) is 0 Å². The van der Waals surface area contributed by atoms with Gasteiger partial charge in [-0.25, -0.2) is 0 Å². The molecular formula is C41H68OS2. The average Bonchev–Trinajstić information content (AvgIpc) is 3.03. The van der Waals surface area contributed by atoms with E-state index < -0.39 is 0 Å². The van der Waals surface area contributed by atoms with E-state index in [9.17, 15) is 5.11 Å². The third kappa shape index (κ3) is 16.5. The zero-order chi connectivity index (χ0) is 31.7. The van der Waals surface area contributed by atoms with Crippen molar-refractivity contribution in [1.29, 1.82) is 0 Å². The first-order chi connectivity index (χ1) is 21.5. The van der Waals surface area contributed by atoms with Gasteiger partial charge in [0.25, 0.3) is 0 Å². The van der Waals surface area contributed by atoms with Gasteiger partial charge < -0.3 is 5.11 Å². The van der Waals surface area contributed by atoms with E-state index in [4.69, 9.17) is 0 Å². The van der Waals surface area contributed by atoms with Gasteiger partial charge >= 0.3 is 0 Å². The van der Waals surface area contributed by atoms with Crippen molar-refractivity contribution in [3.63, 3.8) is 0 Å². The van der Waals surface area contributed by atoms with Crippen LogP contribution in [-0.4, -0.2) is 16.6 Å². The predicted octanol–water partition coefficient (Wildman–Crippen LogP) is 14.0. The van der Waals surface area contributed by atoms with Crippen molar-refractivity contribution in [3.8, 4) is 5.75 Å². The maximum absolute atomic E-state index is 11.5. The second-order valence-corrected chi connectivity index (χ2v) is 15.8. The molecule has 0 saturated heterocycles. The average molecular weight is 641 g/mol. The predicted molar refractivity (Wildman–Crippen MR) is 203 cm³/mol. The highest BCUT2D eigenvalue weighted by Gasteiger charge is 2.28. The molecule has 0 aliphatic carbocycles. The van der Waals surface area contributed by atoms with E-state index in [1.165, 1.54) is 151 Å². The van der Waals surface area contributed by atoms with Gasteiger partial charge in [0.15, 0.2) is 0 Å². The molecule has 250 valence electrons. The van der Waals surface area contributed by atoms with Crippen LogP contribution in [0.3, 0.4) is 0 Å². The molecule has 0 saturated carbocycles. The van der Waals surface area contributed by atoms with Gasteiger partial charge in [-0.3, -0.25) is 0 Å². The SMILES string of the molecule is CCCCCCCCCCCCSCc1cc(CSCCCCCCCCCCCC)c(O)c(C(C)(C)c2ccccc2)c1. The second kappa shape index (κ2) is 25.1. The van der Waals surface area contributed by atoms with Gasteiger partial charge in [-0.1, -0.05) is 186 Å². The van der Waals surface area contributed by atoms with Crippen LogP contribution in [0.5, 0.6) is 5.75 Å². The highest BCUT2D eigenvalue weighted by atomic mass is 32.2. The minimum absolute atomic E-state index is 0.238. The van der Waals surface area contributed by atoms with Crippen LogP contribution >= 0.6 is 23.5 Å². The third-order valence-corrected chi connectivity index (χ3v) is 11.4. The van der Waals surface area contributed by atoms with Crippen LogP contribution in [0.25, 0.3) is 0 Å². The summed E-state index contributed by atoms with van der Waals surface area (Å²) in [5, 5.41) is 11.5. The first kappa shape index (κ1) is 39.1. The highest BCUT2D eigenvalue weighted by Crippen LogP contribution is 2.41. The van der Waals surface area contributed by atoms with Crippen LogP contribution in [0.15, 0.2) is 42.5 Å². The summed E-state index contributed by atoms with van der Waals surface area (Å²) >= 11 is 4.07. The van der Waals surface area contributed by atoms with Crippen LogP contribution in [0.2, 0.25) is 0 Å². The fourth-order valence-electron chi connectivity index (χ4n) is 6.20. The van der Waals surface area contributed by atoms with Crippen molar-refractivity contribution < 1.29 is 5.11 Å². The molecule has 2 aromatic rings. The Labute approximate surface area is 282 Å². The molecule has 0 heterocycles. The summed E-state index contributed by atoms with van der Waals surface area (Å²) in [7, 11) is 0. The van der Waals surface area contributed by atoms with Gasteiger partial charge in [-0.05, 0) is 35.5 Å². The molecule has 3 heteroatoms. The summed E-state index contributed by atoms with van der Waals surface area (Å²) in [5.41, 5.74) is 4.59. The Hall–Kier alpha value is -1.06. The molecule has 0 aromatic heterocycles. The molecular weight excluding hydrogens is 573 g/mol. The number of benzene rings is 2. The topological polar surface area (TPSA) is 20.2 Å². The summed E-state index contributed by atoms with van der Waals surface area (Å²) in [5.74, 6) is 4.87. The van der Waals surface area contributed by atoms with Crippen LogP contribution in [0.1, 0.15) is 178 Å². The number of hydrogen-bond acceptors (Lipinski definition) is 3. The van der Waals surface area contributed by atoms with E-state index >= 15 is 0 Å². The molecule has 2 aromatic carbocycles. The van der Waals surface area contributed by atoms with Crippen molar-refractivity contribution in [1.82, 2.24) is 0 Å². The van der Waals surface area contributed by atoms with Gasteiger partial charge in [0.05, 0.1) is 0 Å². The summed E-state index contributed by atoms with van der Waals surface area (Å²) in [4.78, 5) is 0. The number of aromatic hydroxyl groups is 1. The normalized spacial score (nSPS) is 11.8. The van der Waals surface area contributed by atoms with Gasteiger partial charge in [0.1, 0.15) is 5.75 Å². The lowest BCUT2D eigenvalue weighted by Crippen LogP contribution is -2.20. The zero-order valence-electron chi connectivity index (χ0n) is 29.3. The van der Waals surface area contributed by atoms with Crippen LogP contribution in [-0.2, 0) is 16.9 Å². The Bertz CT molecular complexity index is 955. The molecule has 1 N–H and O–H groups in total. The molecule has 0 aliphatic heterocycles. The molecule has 0 aliphatic rings. The van der Waals surface area contributed by atoms with Crippen LogP contribution in [0.4, 0.5) is 0 Å². The van der Waals surface area contributed by atoms with E-state index in [0.717, 1.165) is 22.6 Å². The maximum atomic E-state index is 11.5. The molecule has 0 fully saturated rings. The Kier molecular flexibility index (Phi) is 22.3. The summed E-state index contributed by atoms with van der Waals surface area (Å²) in [6.07, 6.45) is 27.8. The van der Waals surface area contributed by atoms with E-state index in [1.807, 2.05) is 11.8 Å². The number of unbranched alkanes of at least 4 members (excludes halogenated alkanes) is 18. The molecule has 44 heavy (non-hydrogen) atoms. The number of hydrogen-bond donors (Lipinski definition) is 1. The largest absolute Gasteiger partial charge is 0.507 e. The number of phenols is 1. The lowest BCUT2D eigenvalue weighted by atomic mass is 9.76. The summed E-state index contributed by atoms with van der Waals surface area (Å²) < 4.78 is 0. The molecule has 0 amide bonds. The molecule has 0 unspecified atom stereocenters. The minimum atomic E-state index is -0.238. The van der Waals surface area contributed by atoms with E-state index in [-0.39, 0.29) is 5.41 Å². The van der Waals surface area contributed by atoms with Crippen molar-refractivity contribution in [3.05, 3.63) is 64.7 Å². The molecule has 0 radical (unpaired) electrons. The smallest absolute Gasteiger partial charge is 0.123 e. The standard InChI is InChI=1S/C41H68OS2/c1-5-7-9-11-13-15-17-19-21-26-30-43-34-36-32-37(35-44-31-27-22-20-18-16-14-12-10-8-6-2)40(42)39(33-36)41(3,4)38-28-24-23-25-29-38/h23-25,28-29,32-33,42H,5-22,26-27,30-31,34-35H2,1-4H3. The minimum Gasteiger partial charge on any atom is -0.507 e. The first-order valence-corrected chi connectivity index (χ1v) is 20.9. The van der Waals surface area contributed by atoms with Crippen molar-refractivity contribution >= 4 is 23.5 Å². The number of phenolic OH excluding ortho intramolecular Hbond substituents is 1. The van der Waals surface area contributed by atoms with Gasteiger partial charge in [-0.15, -0.1) is 0 Å². The van der Waals surface area contributed by atoms with Crippen molar-refractivity contribution in [2.45, 2.75) is 173 Å². The lowest BCUT2D eigenvalue weighted by molar-refractivity contribution is 0.448. The Morgan fingerprint density at radius 2 is 0.977 bits per heavy atom. The number of thioether (sulfide) groups is 2. The van der Waals surface area contributed by atoms with Crippen molar-refractivity contribution in [2.75, 3.05) is 11.5 Å². The Balaban J connectivity index is 1.83. The summed E-state index contributed by atoms with van der Waals surface area (Å²) in [6, 6.07) is 15.3. The molecule has 2 rings (SSSR count). The number of rotatable bonds is 28. The zero-order valence-corrected chi connectivity index (χ0v) is 30.9. The monoisotopic (exact) mass is 640 g/mol. The molecule has 0 bridgehead atoms. The molecule has 0 atom stereocenters. The van der Waals surface area contributed by atoms with E-state index in [0.29, 0.717) is 5.75 Å². The highest BCUT2D eigenvalue weighted by molar-refractivity contribution is 7.98. The quantitative estimate of drug-likeness (QED) is 0.0935. The summed E-state index contributed by atoms with van der Waals surface area (Å²) in [6.45, 7) is 9.11. The molecule has 1 nitrogen and oxygen atoms in total. The van der Waals surface area contributed by atoms with Gasteiger partial charge in [0, 0.05) is 28.0 Å². The van der Waals surface area contributed by atoms with E-state index in [2.05, 4.69) is 81.9 Å². The first-order valence-electron chi connectivity index (χ1n) is 18.6. The van der Waals surface area contributed by atoms with Gasteiger partial charge in [0.2, 0.25) is 0 Å². The molecule has 0 spiro atoms. The fourth-order valence-corrected chi connectivity index (χ4v) is 8.14. The Morgan fingerprint density at radius 3 is 1.45 bits per heavy atom. The van der Waals surface area contributed by atoms with Gasteiger partial charge in [-0.2, -0.15) is 23.5 Å². The van der Waals surface area contributed by atoms with Crippen LogP contribution < -0.4 is 0 Å². The maximum Gasteiger partial charge on any atom is 0.123 e.